The molecule has 0 radical (unpaired) electrons. The molecule has 0 aliphatic rings. The Morgan fingerprint density at radius 2 is 2.33 bits per heavy atom. The summed E-state index contributed by atoms with van der Waals surface area (Å²) in [6.07, 6.45) is -0.638. The van der Waals surface area contributed by atoms with Crippen LogP contribution in [0.15, 0.2) is 4.34 Å². The van der Waals surface area contributed by atoms with Crippen LogP contribution in [-0.2, 0) is 9.53 Å². The molecule has 0 spiro atoms. The van der Waals surface area contributed by atoms with Crippen molar-refractivity contribution in [3.8, 4) is 0 Å². The van der Waals surface area contributed by atoms with Crippen molar-refractivity contribution in [1.82, 2.24) is 10.2 Å². The van der Waals surface area contributed by atoms with E-state index in [-0.39, 0.29) is 10.9 Å². The Hall–Kier alpha value is -1.35. The highest BCUT2D eigenvalue weighted by molar-refractivity contribution is 8.01. The summed E-state index contributed by atoms with van der Waals surface area (Å²) in [5, 5.41) is 18.3. The van der Waals surface area contributed by atoms with Crippen molar-refractivity contribution < 1.29 is 19.4 Å². The van der Waals surface area contributed by atoms with Gasteiger partial charge in [0.05, 0.1) is 12.9 Å². The molecule has 15 heavy (non-hydrogen) atoms. The van der Waals surface area contributed by atoms with Gasteiger partial charge in [-0.25, -0.2) is 4.79 Å². The Morgan fingerprint density at radius 1 is 1.60 bits per heavy atom. The Labute approximate surface area is 92.8 Å². The number of carbonyl (C=O) groups excluding carboxylic acids is 1. The highest BCUT2D eigenvalue weighted by Gasteiger charge is 2.09. The van der Waals surface area contributed by atoms with Gasteiger partial charge in [-0.3, -0.25) is 10.1 Å². The average molecular weight is 249 g/mol. The maximum Gasteiger partial charge on any atom is 0.413 e. The molecule has 1 heterocycles. The first-order chi connectivity index (χ1) is 7.11. The number of hydrogen-bond donors (Lipinski definition) is 2. The minimum Gasteiger partial charge on any atom is -0.481 e. The summed E-state index contributed by atoms with van der Waals surface area (Å²) in [4.78, 5) is 21.0. The minimum absolute atomic E-state index is 0.0904. The standard InChI is InChI=1S/C6H7N3O4S2/c1-13-5(12)7-4-8-9-6(15-4)14-2-3(10)11/h2H2,1H3,(H,10,11)(H,7,8,12). The summed E-state index contributed by atoms with van der Waals surface area (Å²) in [5.41, 5.74) is 0. The second kappa shape index (κ2) is 5.51. The van der Waals surface area contributed by atoms with E-state index < -0.39 is 12.1 Å². The zero-order chi connectivity index (χ0) is 11.3. The summed E-state index contributed by atoms with van der Waals surface area (Å²) in [7, 11) is 1.23. The molecule has 1 aromatic heterocycles. The van der Waals surface area contributed by atoms with Crippen LogP contribution >= 0.6 is 23.1 Å². The van der Waals surface area contributed by atoms with Crippen molar-refractivity contribution in [3.05, 3.63) is 0 Å². The lowest BCUT2D eigenvalue weighted by atomic mass is 10.8. The Bertz CT molecular complexity index is 367. The molecule has 0 unspecified atom stereocenters. The summed E-state index contributed by atoms with van der Waals surface area (Å²) >= 11 is 2.12. The first-order valence-electron chi connectivity index (χ1n) is 3.65. The maximum atomic E-state index is 10.8. The molecule has 0 fully saturated rings. The van der Waals surface area contributed by atoms with Gasteiger partial charge < -0.3 is 9.84 Å². The number of carboxylic acids is 1. The number of carboxylic acid groups (broad SMARTS) is 1. The fourth-order valence-electron chi connectivity index (χ4n) is 0.580. The Morgan fingerprint density at radius 3 is 2.93 bits per heavy atom. The van der Waals surface area contributed by atoms with Gasteiger partial charge in [-0.15, -0.1) is 10.2 Å². The summed E-state index contributed by atoms with van der Waals surface area (Å²) in [6.45, 7) is 0. The van der Waals surface area contributed by atoms with Crippen molar-refractivity contribution in [2.75, 3.05) is 18.2 Å². The lowest BCUT2D eigenvalue weighted by Crippen LogP contribution is -2.10. The number of nitrogens with zero attached hydrogens (tertiary/aromatic N) is 2. The van der Waals surface area contributed by atoms with Crippen LogP contribution in [0.4, 0.5) is 9.93 Å². The SMILES string of the molecule is COC(=O)Nc1nnc(SCC(=O)O)s1. The molecule has 0 bridgehead atoms. The van der Waals surface area contributed by atoms with E-state index in [4.69, 9.17) is 5.11 Å². The van der Waals surface area contributed by atoms with Gasteiger partial charge in [0.25, 0.3) is 0 Å². The zero-order valence-electron chi connectivity index (χ0n) is 7.59. The molecule has 0 saturated carbocycles. The molecule has 0 aliphatic heterocycles. The smallest absolute Gasteiger partial charge is 0.413 e. The number of nitrogens with one attached hydrogen (secondary N) is 1. The molecule has 82 valence electrons. The van der Waals surface area contributed by atoms with Crippen molar-refractivity contribution >= 4 is 40.3 Å². The van der Waals surface area contributed by atoms with Gasteiger partial charge in [0, 0.05) is 0 Å². The normalized spacial score (nSPS) is 9.67. The minimum atomic E-state index is -0.933. The van der Waals surface area contributed by atoms with E-state index in [1.807, 2.05) is 0 Å². The lowest BCUT2D eigenvalue weighted by Gasteiger charge is -1.95. The summed E-state index contributed by atoms with van der Waals surface area (Å²) in [5.74, 6) is -1.02. The maximum absolute atomic E-state index is 10.8. The number of aliphatic carboxylic acids is 1. The number of thioether (sulfide) groups is 1. The Kier molecular flexibility index (Phi) is 4.31. The molecule has 7 nitrogen and oxygen atoms in total. The lowest BCUT2D eigenvalue weighted by molar-refractivity contribution is -0.133. The first kappa shape index (κ1) is 11.7. The van der Waals surface area contributed by atoms with Crippen LogP contribution in [-0.4, -0.2) is 40.2 Å². The second-order valence-corrected chi connectivity index (χ2v) is 4.37. The second-order valence-electron chi connectivity index (χ2n) is 2.17. The third-order valence-electron chi connectivity index (χ3n) is 1.12. The van der Waals surface area contributed by atoms with Gasteiger partial charge in [-0.05, 0) is 0 Å². The number of rotatable bonds is 4. The Balaban J connectivity index is 2.49. The molecular weight excluding hydrogens is 242 g/mol. The van der Waals surface area contributed by atoms with Crippen LogP contribution in [0.1, 0.15) is 0 Å². The fourth-order valence-corrected chi connectivity index (χ4v) is 2.04. The third kappa shape index (κ3) is 4.13. The van der Waals surface area contributed by atoms with Crippen molar-refractivity contribution in [3.63, 3.8) is 0 Å². The van der Waals surface area contributed by atoms with Crippen LogP contribution in [0, 0.1) is 0 Å². The number of aromatic nitrogens is 2. The van der Waals surface area contributed by atoms with Gasteiger partial charge in [0.1, 0.15) is 0 Å². The number of ether oxygens (including phenoxy) is 1. The van der Waals surface area contributed by atoms with Crippen LogP contribution in [0.25, 0.3) is 0 Å². The van der Waals surface area contributed by atoms with E-state index in [9.17, 15) is 9.59 Å². The summed E-state index contributed by atoms with van der Waals surface area (Å²) < 4.78 is 4.83. The molecule has 0 aliphatic carbocycles. The van der Waals surface area contributed by atoms with E-state index in [1.165, 1.54) is 7.11 Å². The van der Waals surface area contributed by atoms with E-state index in [1.54, 1.807) is 0 Å². The van der Waals surface area contributed by atoms with Crippen LogP contribution < -0.4 is 5.32 Å². The first-order valence-corrected chi connectivity index (χ1v) is 5.45. The van der Waals surface area contributed by atoms with Gasteiger partial charge in [-0.1, -0.05) is 23.1 Å². The molecule has 0 aromatic carbocycles. The molecular formula is C6H7N3O4S2. The molecule has 1 amide bonds. The van der Waals surface area contributed by atoms with Gasteiger partial charge >= 0.3 is 12.1 Å². The average Bonchev–Trinajstić information content (AvgIpc) is 2.62. The van der Waals surface area contributed by atoms with E-state index in [0.29, 0.717) is 4.34 Å². The number of hydrogen-bond acceptors (Lipinski definition) is 7. The molecule has 1 aromatic rings. The van der Waals surface area contributed by atoms with Crippen LogP contribution in [0.5, 0.6) is 0 Å². The quantitative estimate of drug-likeness (QED) is 0.603. The number of anilines is 1. The highest BCUT2D eigenvalue weighted by atomic mass is 32.2. The molecule has 0 atom stereocenters. The highest BCUT2D eigenvalue weighted by Crippen LogP contribution is 2.25. The molecule has 2 N–H and O–H groups in total. The largest absolute Gasteiger partial charge is 0.481 e. The van der Waals surface area contributed by atoms with Gasteiger partial charge in [0.2, 0.25) is 5.13 Å². The number of amides is 1. The fraction of sp³-hybridized carbons (Fsp3) is 0.333. The molecule has 1 rings (SSSR count). The van der Waals surface area contributed by atoms with Gasteiger partial charge in [-0.2, -0.15) is 0 Å². The van der Waals surface area contributed by atoms with Crippen LogP contribution in [0.2, 0.25) is 0 Å². The molecule has 0 saturated heterocycles. The predicted octanol–water partition coefficient (Wildman–Crippen LogP) is 0.893. The van der Waals surface area contributed by atoms with Gasteiger partial charge in [0.15, 0.2) is 4.34 Å². The van der Waals surface area contributed by atoms with E-state index >= 15 is 0 Å². The van der Waals surface area contributed by atoms with Crippen LogP contribution in [0.3, 0.4) is 0 Å². The molecule has 9 heteroatoms. The number of carbonyl (C=O) groups is 2. The van der Waals surface area contributed by atoms with E-state index in [0.717, 1.165) is 23.1 Å². The monoisotopic (exact) mass is 249 g/mol. The zero-order valence-corrected chi connectivity index (χ0v) is 9.22. The van der Waals surface area contributed by atoms with E-state index in [2.05, 4.69) is 20.3 Å². The predicted molar refractivity (Wildman–Crippen MR) is 54.3 cm³/mol. The summed E-state index contributed by atoms with van der Waals surface area (Å²) in [6, 6.07) is 0. The number of methoxy groups -OCH3 is 1. The third-order valence-corrected chi connectivity index (χ3v) is 3.08. The van der Waals surface area contributed by atoms with Crippen molar-refractivity contribution in [1.29, 1.82) is 0 Å². The van der Waals surface area contributed by atoms with Crippen molar-refractivity contribution in [2.24, 2.45) is 0 Å². The topological polar surface area (TPSA) is 101 Å². The van der Waals surface area contributed by atoms with Crippen molar-refractivity contribution in [2.45, 2.75) is 4.34 Å².